The van der Waals surface area contributed by atoms with E-state index in [1.165, 1.54) is 11.8 Å². The Morgan fingerprint density at radius 2 is 1.96 bits per heavy atom. The van der Waals surface area contributed by atoms with E-state index in [9.17, 15) is 4.79 Å². The molecule has 0 aliphatic rings. The summed E-state index contributed by atoms with van der Waals surface area (Å²) in [5, 5.41) is 14.2. The van der Waals surface area contributed by atoms with E-state index in [0.717, 1.165) is 16.5 Å². The number of halogens is 1. The van der Waals surface area contributed by atoms with Gasteiger partial charge in [-0.05, 0) is 46.4 Å². The highest BCUT2D eigenvalue weighted by molar-refractivity contribution is 9.10. The molecule has 4 aromatic rings. The SMILES string of the molecule is CCn1c(SCC(=O)Nc2cccc3ccccc23)nnc1-c1ccc(Br)o1. The summed E-state index contributed by atoms with van der Waals surface area (Å²) >= 11 is 4.65. The lowest BCUT2D eigenvalue weighted by atomic mass is 10.1. The Kier molecular flexibility index (Phi) is 5.50. The number of hydrogen-bond acceptors (Lipinski definition) is 5. The molecule has 28 heavy (non-hydrogen) atoms. The average Bonchev–Trinajstić information content (AvgIpc) is 3.32. The van der Waals surface area contributed by atoms with Crippen LogP contribution in [0, 0.1) is 0 Å². The highest BCUT2D eigenvalue weighted by Crippen LogP contribution is 2.28. The molecule has 0 aliphatic carbocycles. The van der Waals surface area contributed by atoms with Gasteiger partial charge in [0.2, 0.25) is 11.7 Å². The normalized spacial score (nSPS) is 11.1. The molecule has 142 valence electrons. The number of aromatic nitrogens is 3. The lowest BCUT2D eigenvalue weighted by Gasteiger charge is -2.09. The molecule has 0 spiro atoms. The minimum absolute atomic E-state index is 0.0886. The number of amides is 1. The number of anilines is 1. The number of hydrogen-bond donors (Lipinski definition) is 1. The molecule has 0 unspecified atom stereocenters. The van der Waals surface area contributed by atoms with Crippen molar-refractivity contribution in [3.05, 3.63) is 59.3 Å². The number of rotatable bonds is 6. The third kappa shape index (κ3) is 3.83. The van der Waals surface area contributed by atoms with Gasteiger partial charge in [0.25, 0.3) is 0 Å². The summed E-state index contributed by atoms with van der Waals surface area (Å²) in [6, 6.07) is 17.5. The quantitative estimate of drug-likeness (QED) is 0.403. The van der Waals surface area contributed by atoms with Crippen LogP contribution in [-0.2, 0) is 11.3 Å². The molecule has 2 aromatic heterocycles. The average molecular weight is 457 g/mol. The summed E-state index contributed by atoms with van der Waals surface area (Å²) in [4.78, 5) is 12.5. The highest BCUT2D eigenvalue weighted by Gasteiger charge is 2.17. The fourth-order valence-electron chi connectivity index (χ4n) is 2.95. The molecule has 1 amide bonds. The van der Waals surface area contributed by atoms with Crippen LogP contribution in [0.3, 0.4) is 0 Å². The molecule has 1 N–H and O–H groups in total. The van der Waals surface area contributed by atoms with Gasteiger partial charge in [0, 0.05) is 17.6 Å². The predicted octanol–water partition coefficient (Wildman–Crippen LogP) is 5.20. The summed E-state index contributed by atoms with van der Waals surface area (Å²) in [6.45, 7) is 2.68. The lowest BCUT2D eigenvalue weighted by Crippen LogP contribution is -2.15. The van der Waals surface area contributed by atoms with Crippen LogP contribution >= 0.6 is 27.7 Å². The molecule has 0 fully saturated rings. The first-order valence-electron chi connectivity index (χ1n) is 8.75. The Hall–Kier alpha value is -2.58. The second-order valence-corrected chi connectivity index (χ2v) is 7.74. The van der Waals surface area contributed by atoms with E-state index in [4.69, 9.17) is 4.42 Å². The van der Waals surface area contributed by atoms with E-state index in [-0.39, 0.29) is 11.7 Å². The predicted molar refractivity (Wildman–Crippen MR) is 114 cm³/mol. The molecule has 4 rings (SSSR count). The molecule has 0 atom stereocenters. The Bertz CT molecular complexity index is 1130. The van der Waals surface area contributed by atoms with Crippen molar-refractivity contribution >= 4 is 50.1 Å². The van der Waals surface area contributed by atoms with Crippen LogP contribution in [0.2, 0.25) is 0 Å². The first-order chi connectivity index (χ1) is 13.7. The number of fused-ring (bicyclic) bond motifs is 1. The lowest BCUT2D eigenvalue weighted by molar-refractivity contribution is -0.113. The zero-order valence-electron chi connectivity index (χ0n) is 15.1. The van der Waals surface area contributed by atoms with Crippen molar-refractivity contribution in [2.24, 2.45) is 0 Å². The molecule has 2 aromatic carbocycles. The summed E-state index contributed by atoms with van der Waals surface area (Å²) in [5.41, 5.74) is 0.807. The van der Waals surface area contributed by atoms with Gasteiger partial charge in [0.15, 0.2) is 15.6 Å². The highest BCUT2D eigenvalue weighted by atomic mass is 79.9. The van der Waals surface area contributed by atoms with E-state index < -0.39 is 0 Å². The Labute approximate surface area is 174 Å². The maximum Gasteiger partial charge on any atom is 0.234 e. The van der Waals surface area contributed by atoms with Gasteiger partial charge in [0.1, 0.15) is 0 Å². The van der Waals surface area contributed by atoms with Crippen LogP contribution in [-0.4, -0.2) is 26.4 Å². The summed E-state index contributed by atoms with van der Waals surface area (Å²) in [6.07, 6.45) is 0. The van der Waals surface area contributed by atoms with Gasteiger partial charge in [-0.2, -0.15) is 0 Å². The number of carbonyl (C=O) groups excluding carboxylic acids is 1. The van der Waals surface area contributed by atoms with Crippen molar-refractivity contribution in [2.45, 2.75) is 18.6 Å². The zero-order valence-corrected chi connectivity index (χ0v) is 17.5. The van der Waals surface area contributed by atoms with Crippen molar-refractivity contribution in [2.75, 3.05) is 11.1 Å². The van der Waals surface area contributed by atoms with Crippen LogP contribution in [0.4, 0.5) is 5.69 Å². The monoisotopic (exact) mass is 456 g/mol. The van der Waals surface area contributed by atoms with E-state index >= 15 is 0 Å². The molecule has 0 saturated carbocycles. The third-order valence-corrected chi connectivity index (χ3v) is 5.62. The van der Waals surface area contributed by atoms with Crippen molar-refractivity contribution in [3.8, 4) is 11.6 Å². The molecule has 2 heterocycles. The number of benzene rings is 2. The number of furan rings is 1. The van der Waals surface area contributed by atoms with Crippen molar-refractivity contribution in [1.82, 2.24) is 14.8 Å². The van der Waals surface area contributed by atoms with E-state index in [0.29, 0.717) is 28.0 Å². The second kappa shape index (κ2) is 8.20. The van der Waals surface area contributed by atoms with Crippen LogP contribution in [0.1, 0.15) is 6.92 Å². The van der Waals surface area contributed by atoms with Crippen LogP contribution in [0.25, 0.3) is 22.4 Å². The fourth-order valence-corrected chi connectivity index (χ4v) is 4.06. The first-order valence-corrected chi connectivity index (χ1v) is 10.5. The van der Waals surface area contributed by atoms with Gasteiger partial charge in [0.05, 0.1) is 5.75 Å². The maximum absolute atomic E-state index is 12.5. The van der Waals surface area contributed by atoms with Gasteiger partial charge < -0.3 is 9.73 Å². The molecule has 0 radical (unpaired) electrons. The molecule has 6 nitrogen and oxygen atoms in total. The number of nitrogens with zero attached hydrogens (tertiary/aromatic N) is 3. The minimum Gasteiger partial charge on any atom is -0.446 e. The smallest absolute Gasteiger partial charge is 0.234 e. The van der Waals surface area contributed by atoms with Gasteiger partial charge in [-0.15, -0.1) is 10.2 Å². The van der Waals surface area contributed by atoms with E-state index in [2.05, 4.69) is 31.4 Å². The molecule has 0 bridgehead atoms. The number of nitrogens with one attached hydrogen (secondary N) is 1. The van der Waals surface area contributed by atoms with Crippen LogP contribution < -0.4 is 5.32 Å². The van der Waals surface area contributed by atoms with Crippen LogP contribution in [0.15, 0.2) is 68.8 Å². The third-order valence-electron chi connectivity index (χ3n) is 4.22. The zero-order chi connectivity index (χ0) is 19.5. The van der Waals surface area contributed by atoms with Gasteiger partial charge >= 0.3 is 0 Å². The van der Waals surface area contributed by atoms with E-state index in [1.807, 2.05) is 66.1 Å². The molecule has 0 aliphatic heterocycles. The molecule has 8 heteroatoms. The molecule has 0 saturated heterocycles. The topological polar surface area (TPSA) is 73.0 Å². The largest absolute Gasteiger partial charge is 0.446 e. The first kappa shape index (κ1) is 18.8. The Balaban J connectivity index is 1.47. The van der Waals surface area contributed by atoms with Gasteiger partial charge in [-0.1, -0.05) is 48.2 Å². The standard InChI is InChI=1S/C20H17BrN4O2S/c1-2-25-19(16-10-11-17(21)27-16)23-24-20(25)28-12-18(26)22-15-9-5-7-13-6-3-4-8-14(13)15/h3-11H,2,12H2,1H3,(H,22,26). The Morgan fingerprint density at radius 1 is 1.14 bits per heavy atom. The van der Waals surface area contributed by atoms with Crippen molar-refractivity contribution in [3.63, 3.8) is 0 Å². The van der Waals surface area contributed by atoms with Gasteiger partial charge in [-0.3, -0.25) is 9.36 Å². The molecular formula is C20H17BrN4O2S. The minimum atomic E-state index is -0.0886. The Morgan fingerprint density at radius 3 is 2.75 bits per heavy atom. The fraction of sp³-hybridized carbons (Fsp3) is 0.150. The van der Waals surface area contributed by atoms with E-state index in [1.54, 1.807) is 0 Å². The van der Waals surface area contributed by atoms with Crippen molar-refractivity contribution in [1.29, 1.82) is 0 Å². The van der Waals surface area contributed by atoms with Gasteiger partial charge in [-0.25, -0.2) is 0 Å². The summed E-state index contributed by atoms with van der Waals surface area (Å²) < 4.78 is 8.14. The number of carbonyl (C=O) groups is 1. The summed E-state index contributed by atoms with van der Waals surface area (Å²) in [5.74, 6) is 1.43. The van der Waals surface area contributed by atoms with Crippen molar-refractivity contribution < 1.29 is 9.21 Å². The molecular weight excluding hydrogens is 440 g/mol. The summed E-state index contributed by atoms with van der Waals surface area (Å²) in [7, 11) is 0. The number of thioether (sulfide) groups is 1. The second-order valence-electron chi connectivity index (χ2n) is 6.02. The maximum atomic E-state index is 12.5. The van der Waals surface area contributed by atoms with Crippen LogP contribution in [0.5, 0.6) is 0 Å².